The average Bonchev–Trinajstić information content (AvgIpc) is 2.71. The number of nitrogens with zero attached hydrogens (tertiary/aromatic N) is 2. The summed E-state index contributed by atoms with van der Waals surface area (Å²) in [5.74, 6) is -0.138. The van der Waals surface area contributed by atoms with Crippen LogP contribution in [0.1, 0.15) is 28.9 Å². The lowest BCUT2D eigenvalue weighted by atomic mass is 10.0. The molecule has 4 rings (SSSR count). The number of hydrogen-bond donors (Lipinski definition) is 2. The lowest BCUT2D eigenvalue weighted by Crippen LogP contribution is -2.49. The Kier molecular flexibility index (Phi) is 6.36. The molecule has 2 aromatic carbocycles. The number of halogens is 2. The number of anilines is 2. The molecule has 8 heteroatoms. The van der Waals surface area contributed by atoms with E-state index in [9.17, 15) is 9.59 Å². The summed E-state index contributed by atoms with van der Waals surface area (Å²) in [7, 11) is 1.88. The smallest absolute Gasteiger partial charge is 0.254 e. The van der Waals surface area contributed by atoms with E-state index in [2.05, 4.69) is 10.6 Å². The Bertz CT molecular complexity index is 937. The highest BCUT2D eigenvalue weighted by Crippen LogP contribution is 2.34. The second-order valence-electron chi connectivity index (χ2n) is 7.25. The van der Waals surface area contributed by atoms with Crippen molar-refractivity contribution in [2.24, 2.45) is 0 Å². The summed E-state index contributed by atoms with van der Waals surface area (Å²) in [5, 5.41) is 6.91. The minimum Gasteiger partial charge on any atom is -0.361 e. The van der Waals surface area contributed by atoms with Crippen LogP contribution in [0.25, 0.3) is 0 Å². The van der Waals surface area contributed by atoms with E-state index in [1.807, 2.05) is 60.2 Å². The monoisotopic (exact) mass is 434 g/mol. The van der Waals surface area contributed by atoms with Crippen molar-refractivity contribution >= 4 is 47.2 Å². The topological polar surface area (TPSA) is 64.7 Å². The molecule has 1 fully saturated rings. The first-order valence-corrected chi connectivity index (χ1v) is 9.79. The molecule has 154 valence electrons. The molecule has 0 saturated carbocycles. The summed E-state index contributed by atoms with van der Waals surface area (Å²) in [6.07, 6.45) is 0. The molecule has 2 unspecified atom stereocenters. The van der Waals surface area contributed by atoms with Gasteiger partial charge in [-0.15, -0.1) is 12.4 Å². The number of rotatable bonds is 2. The molecule has 0 aromatic heterocycles. The maximum atomic E-state index is 13.3. The van der Waals surface area contributed by atoms with Crippen LogP contribution >= 0.6 is 24.0 Å². The third kappa shape index (κ3) is 3.92. The fourth-order valence-electron chi connectivity index (χ4n) is 3.83. The number of carbonyl (C=O) groups is 2. The number of piperazine rings is 1. The normalized spacial score (nSPS) is 21.1. The largest absolute Gasteiger partial charge is 0.361 e. The molecule has 2 atom stereocenters. The van der Waals surface area contributed by atoms with Gasteiger partial charge in [0.25, 0.3) is 5.91 Å². The Hall–Kier alpha value is -2.28. The van der Waals surface area contributed by atoms with Gasteiger partial charge in [-0.3, -0.25) is 9.59 Å². The summed E-state index contributed by atoms with van der Waals surface area (Å²) in [4.78, 5) is 29.3. The van der Waals surface area contributed by atoms with E-state index in [1.54, 1.807) is 6.07 Å². The number of likely N-dealkylation sites (N-methyl/N-ethyl adjacent to an activating group) is 1. The van der Waals surface area contributed by atoms with Crippen LogP contribution in [0.4, 0.5) is 11.4 Å². The van der Waals surface area contributed by atoms with Crippen molar-refractivity contribution in [3.8, 4) is 0 Å². The van der Waals surface area contributed by atoms with Crippen molar-refractivity contribution in [1.29, 1.82) is 0 Å². The summed E-state index contributed by atoms with van der Waals surface area (Å²) in [6.45, 7) is 3.83. The van der Waals surface area contributed by atoms with Gasteiger partial charge in [0.2, 0.25) is 5.91 Å². The first kappa shape index (κ1) is 21.4. The lowest BCUT2D eigenvalue weighted by Gasteiger charge is -2.37. The number of nitrogens with one attached hydrogen (secondary N) is 2. The minimum atomic E-state index is -0.244. The molecular weight excluding hydrogens is 411 g/mol. The van der Waals surface area contributed by atoms with Gasteiger partial charge in [0.15, 0.2) is 0 Å². The highest BCUT2D eigenvalue weighted by atomic mass is 35.5. The third-order valence-electron chi connectivity index (χ3n) is 5.61. The van der Waals surface area contributed by atoms with Crippen molar-refractivity contribution in [3.05, 3.63) is 58.6 Å². The molecule has 6 nitrogen and oxygen atoms in total. The predicted molar refractivity (Wildman–Crippen MR) is 118 cm³/mol. The van der Waals surface area contributed by atoms with Gasteiger partial charge in [-0.05, 0) is 36.8 Å². The fourth-order valence-corrected chi connectivity index (χ4v) is 4.10. The molecule has 0 bridgehead atoms. The Morgan fingerprint density at radius 1 is 1.21 bits per heavy atom. The third-order valence-corrected chi connectivity index (χ3v) is 5.95. The van der Waals surface area contributed by atoms with Gasteiger partial charge in [-0.25, -0.2) is 0 Å². The summed E-state index contributed by atoms with van der Waals surface area (Å²) in [6, 6.07) is 12.7. The SMILES string of the molecule is CC1C(=O)Nc2cc(C(=O)N3CCNCC3c3ccccc3Cl)ccc2N1C.Cl. The number of hydrogen-bond acceptors (Lipinski definition) is 4. The number of benzene rings is 2. The van der Waals surface area contributed by atoms with Crippen molar-refractivity contribution < 1.29 is 9.59 Å². The van der Waals surface area contributed by atoms with Crippen LogP contribution in [-0.2, 0) is 4.79 Å². The van der Waals surface area contributed by atoms with E-state index in [0.717, 1.165) is 17.8 Å². The Morgan fingerprint density at radius 3 is 2.72 bits per heavy atom. The van der Waals surface area contributed by atoms with Crippen LogP contribution in [0.5, 0.6) is 0 Å². The Morgan fingerprint density at radius 2 is 1.97 bits per heavy atom. The quantitative estimate of drug-likeness (QED) is 0.760. The van der Waals surface area contributed by atoms with Gasteiger partial charge in [0.1, 0.15) is 6.04 Å². The molecule has 0 aliphatic carbocycles. The van der Waals surface area contributed by atoms with Gasteiger partial charge < -0.3 is 20.4 Å². The molecule has 2 amide bonds. The maximum absolute atomic E-state index is 13.3. The van der Waals surface area contributed by atoms with Crippen molar-refractivity contribution in [3.63, 3.8) is 0 Å². The van der Waals surface area contributed by atoms with Crippen LogP contribution in [0.2, 0.25) is 5.02 Å². The van der Waals surface area contributed by atoms with Gasteiger partial charge in [-0.1, -0.05) is 29.8 Å². The van der Waals surface area contributed by atoms with Gasteiger partial charge in [-0.2, -0.15) is 0 Å². The molecule has 2 aliphatic rings. The zero-order valence-corrected chi connectivity index (χ0v) is 17.9. The van der Waals surface area contributed by atoms with Crippen LogP contribution in [0.15, 0.2) is 42.5 Å². The van der Waals surface area contributed by atoms with Gasteiger partial charge in [0, 0.05) is 37.3 Å². The van der Waals surface area contributed by atoms with E-state index < -0.39 is 0 Å². The van der Waals surface area contributed by atoms with E-state index in [1.165, 1.54) is 0 Å². The number of amides is 2. The van der Waals surface area contributed by atoms with Gasteiger partial charge in [0.05, 0.1) is 17.4 Å². The maximum Gasteiger partial charge on any atom is 0.254 e. The minimum absolute atomic E-state index is 0. The highest BCUT2D eigenvalue weighted by Gasteiger charge is 2.32. The van der Waals surface area contributed by atoms with E-state index in [4.69, 9.17) is 11.6 Å². The van der Waals surface area contributed by atoms with Crippen LogP contribution < -0.4 is 15.5 Å². The fraction of sp³-hybridized carbons (Fsp3) is 0.333. The molecule has 0 spiro atoms. The van der Waals surface area contributed by atoms with E-state index in [0.29, 0.717) is 29.4 Å². The highest BCUT2D eigenvalue weighted by molar-refractivity contribution is 6.31. The molecule has 2 aliphatic heterocycles. The molecule has 2 aromatic rings. The lowest BCUT2D eigenvalue weighted by molar-refractivity contribution is -0.117. The molecular formula is C21H24Cl2N4O2. The Labute approximate surface area is 181 Å². The molecule has 2 heterocycles. The van der Waals surface area contributed by atoms with E-state index >= 15 is 0 Å². The van der Waals surface area contributed by atoms with Crippen LogP contribution in [0, 0.1) is 0 Å². The second kappa shape index (κ2) is 8.61. The summed E-state index contributed by atoms with van der Waals surface area (Å²) >= 11 is 6.40. The molecule has 2 N–H and O–H groups in total. The van der Waals surface area contributed by atoms with Crippen molar-refractivity contribution in [1.82, 2.24) is 10.2 Å². The molecule has 0 radical (unpaired) electrons. The second-order valence-corrected chi connectivity index (χ2v) is 7.66. The average molecular weight is 435 g/mol. The van der Waals surface area contributed by atoms with Crippen LogP contribution in [0.3, 0.4) is 0 Å². The zero-order chi connectivity index (χ0) is 19.8. The molecule has 1 saturated heterocycles. The van der Waals surface area contributed by atoms with Crippen molar-refractivity contribution in [2.75, 3.05) is 36.9 Å². The predicted octanol–water partition coefficient (Wildman–Crippen LogP) is 3.33. The van der Waals surface area contributed by atoms with Crippen LogP contribution in [-0.4, -0.2) is 49.4 Å². The molecule has 29 heavy (non-hydrogen) atoms. The standard InChI is InChI=1S/C21H23ClN4O2.ClH/c1-13-20(27)24-17-11-14(7-8-18(17)25(13)2)21(28)26-10-9-23-12-19(26)15-5-3-4-6-16(15)22;/h3-8,11,13,19,23H,9-10,12H2,1-2H3,(H,24,27);1H. The van der Waals surface area contributed by atoms with Crippen molar-refractivity contribution in [2.45, 2.75) is 19.0 Å². The van der Waals surface area contributed by atoms with E-state index in [-0.39, 0.29) is 36.3 Å². The zero-order valence-electron chi connectivity index (χ0n) is 16.3. The summed E-state index contributed by atoms with van der Waals surface area (Å²) < 4.78 is 0. The Balaban J connectivity index is 0.00000240. The van der Waals surface area contributed by atoms with Gasteiger partial charge >= 0.3 is 0 Å². The first-order valence-electron chi connectivity index (χ1n) is 9.41. The summed E-state index contributed by atoms with van der Waals surface area (Å²) in [5.41, 5.74) is 3.07. The first-order chi connectivity index (χ1) is 13.5. The number of fused-ring (bicyclic) bond motifs is 1. The number of carbonyl (C=O) groups excluding carboxylic acids is 2.